The lowest BCUT2D eigenvalue weighted by Crippen LogP contribution is -2.51. The van der Waals surface area contributed by atoms with Crippen molar-refractivity contribution in [3.05, 3.63) is 29.8 Å². The first-order chi connectivity index (χ1) is 14.1. The summed E-state index contributed by atoms with van der Waals surface area (Å²) in [5.74, 6) is 0.215. The number of nitrogens with zero attached hydrogens (tertiary/aromatic N) is 2. The number of hydrogen-bond donors (Lipinski definition) is 1. The summed E-state index contributed by atoms with van der Waals surface area (Å²) in [6.07, 6.45) is 5.52. The Balaban J connectivity index is 1.32. The van der Waals surface area contributed by atoms with Crippen LogP contribution in [0, 0.1) is 5.92 Å². The fourth-order valence-electron chi connectivity index (χ4n) is 4.48. The van der Waals surface area contributed by atoms with Gasteiger partial charge in [-0.3, -0.25) is 14.4 Å². The standard InChI is InChI=1S/C22H29N3O4/c26-20(19-9-4-14-29-19)23-18-8-3-7-17(15-18)22(28)25-12-10-24(11-13-25)21(27)16-5-1-2-6-16/h3,7-8,15-16,19H,1-2,4-6,9-14H2,(H,23,26). The van der Waals surface area contributed by atoms with Gasteiger partial charge in [0.15, 0.2) is 0 Å². The number of rotatable bonds is 4. The van der Waals surface area contributed by atoms with Crippen molar-refractivity contribution in [1.82, 2.24) is 9.80 Å². The lowest BCUT2D eigenvalue weighted by Gasteiger charge is -2.36. The molecule has 1 atom stereocenters. The van der Waals surface area contributed by atoms with Gasteiger partial charge < -0.3 is 19.9 Å². The van der Waals surface area contributed by atoms with Gasteiger partial charge >= 0.3 is 0 Å². The van der Waals surface area contributed by atoms with Crippen molar-refractivity contribution in [2.24, 2.45) is 5.92 Å². The Kier molecular flexibility index (Phi) is 6.13. The molecule has 1 aromatic carbocycles. The van der Waals surface area contributed by atoms with E-state index in [4.69, 9.17) is 4.74 Å². The molecule has 0 spiro atoms. The highest BCUT2D eigenvalue weighted by Crippen LogP contribution is 2.27. The zero-order chi connectivity index (χ0) is 20.2. The summed E-state index contributed by atoms with van der Waals surface area (Å²) in [4.78, 5) is 41.4. The van der Waals surface area contributed by atoms with Gasteiger partial charge in [-0.15, -0.1) is 0 Å². The van der Waals surface area contributed by atoms with Gasteiger partial charge in [0.05, 0.1) is 0 Å². The molecule has 1 aliphatic carbocycles. The third-order valence-corrected chi connectivity index (χ3v) is 6.18. The molecule has 4 rings (SSSR count). The summed E-state index contributed by atoms with van der Waals surface area (Å²) >= 11 is 0. The summed E-state index contributed by atoms with van der Waals surface area (Å²) < 4.78 is 5.41. The molecule has 1 unspecified atom stereocenters. The quantitative estimate of drug-likeness (QED) is 0.843. The average Bonchev–Trinajstić information content (AvgIpc) is 3.47. The lowest BCUT2D eigenvalue weighted by molar-refractivity contribution is -0.136. The largest absolute Gasteiger partial charge is 0.368 e. The zero-order valence-electron chi connectivity index (χ0n) is 16.8. The smallest absolute Gasteiger partial charge is 0.254 e. The number of carbonyl (C=O) groups is 3. The minimum absolute atomic E-state index is 0.0637. The molecule has 156 valence electrons. The molecule has 1 saturated carbocycles. The van der Waals surface area contributed by atoms with Crippen LogP contribution in [-0.4, -0.2) is 66.4 Å². The van der Waals surface area contributed by atoms with Crippen molar-refractivity contribution in [1.29, 1.82) is 0 Å². The van der Waals surface area contributed by atoms with Gasteiger partial charge in [0.2, 0.25) is 5.91 Å². The van der Waals surface area contributed by atoms with Gasteiger partial charge in [0.25, 0.3) is 11.8 Å². The van der Waals surface area contributed by atoms with E-state index in [0.717, 1.165) is 38.5 Å². The summed E-state index contributed by atoms with van der Waals surface area (Å²) in [5.41, 5.74) is 1.15. The Bertz CT molecular complexity index is 761. The topological polar surface area (TPSA) is 79.0 Å². The summed E-state index contributed by atoms with van der Waals surface area (Å²) in [6.45, 7) is 2.90. The predicted octanol–water partition coefficient (Wildman–Crippen LogP) is 2.28. The third-order valence-electron chi connectivity index (χ3n) is 6.18. The normalized spacial score (nSPS) is 22.7. The van der Waals surface area contributed by atoms with Crippen LogP contribution in [0.15, 0.2) is 24.3 Å². The van der Waals surface area contributed by atoms with Crippen molar-refractivity contribution in [3.63, 3.8) is 0 Å². The second kappa shape index (κ2) is 8.95. The Hall–Kier alpha value is -2.41. The van der Waals surface area contributed by atoms with Crippen molar-refractivity contribution >= 4 is 23.4 Å². The molecule has 2 heterocycles. The van der Waals surface area contributed by atoms with E-state index in [9.17, 15) is 14.4 Å². The van der Waals surface area contributed by atoms with Crippen molar-refractivity contribution in [3.8, 4) is 0 Å². The van der Waals surface area contributed by atoms with Crippen LogP contribution in [0.5, 0.6) is 0 Å². The van der Waals surface area contributed by atoms with E-state index in [-0.39, 0.29) is 23.6 Å². The summed E-state index contributed by atoms with van der Waals surface area (Å²) in [5, 5.41) is 2.85. The maximum atomic E-state index is 12.9. The number of ether oxygens (including phenoxy) is 1. The van der Waals surface area contributed by atoms with Crippen LogP contribution in [-0.2, 0) is 14.3 Å². The van der Waals surface area contributed by atoms with Crippen molar-refractivity contribution in [2.75, 3.05) is 38.1 Å². The highest BCUT2D eigenvalue weighted by molar-refractivity contribution is 5.98. The fraction of sp³-hybridized carbons (Fsp3) is 0.591. The van der Waals surface area contributed by atoms with E-state index < -0.39 is 6.10 Å². The molecule has 7 nitrogen and oxygen atoms in total. The van der Waals surface area contributed by atoms with Crippen LogP contribution in [0.25, 0.3) is 0 Å². The molecule has 3 fully saturated rings. The molecule has 3 aliphatic rings. The lowest BCUT2D eigenvalue weighted by atomic mass is 10.1. The Morgan fingerprint density at radius 3 is 2.34 bits per heavy atom. The van der Waals surface area contributed by atoms with Gasteiger partial charge in [-0.2, -0.15) is 0 Å². The second-order valence-corrected chi connectivity index (χ2v) is 8.17. The molecule has 7 heteroatoms. The SMILES string of the molecule is O=C(Nc1cccc(C(=O)N2CCN(C(=O)C3CCCC3)CC2)c1)C1CCCO1. The van der Waals surface area contributed by atoms with Crippen molar-refractivity contribution < 1.29 is 19.1 Å². The first-order valence-electron chi connectivity index (χ1n) is 10.7. The maximum Gasteiger partial charge on any atom is 0.254 e. The van der Waals surface area contributed by atoms with Crippen LogP contribution in [0.4, 0.5) is 5.69 Å². The third kappa shape index (κ3) is 4.61. The highest BCUT2D eigenvalue weighted by Gasteiger charge is 2.31. The number of piperazine rings is 1. The first kappa shape index (κ1) is 19.9. The number of hydrogen-bond acceptors (Lipinski definition) is 4. The van der Waals surface area contributed by atoms with E-state index >= 15 is 0 Å². The van der Waals surface area contributed by atoms with E-state index in [0.29, 0.717) is 44.0 Å². The molecule has 1 N–H and O–H groups in total. The molecule has 0 aromatic heterocycles. The number of anilines is 1. The average molecular weight is 399 g/mol. The maximum absolute atomic E-state index is 12.9. The van der Waals surface area contributed by atoms with E-state index in [2.05, 4.69) is 5.32 Å². The van der Waals surface area contributed by atoms with Crippen LogP contribution < -0.4 is 5.32 Å². The van der Waals surface area contributed by atoms with Gasteiger partial charge in [0.1, 0.15) is 6.10 Å². The molecule has 2 saturated heterocycles. The number of benzene rings is 1. The summed E-state index contributed by atoms with van der Waals surface area (Å²) in [7, 11) is 0. The molecule has 29 heavy (non-hydrogen) atoms. The fourth-order valence-corrected chi connectivity index (χ4v) is 4.48. The predicted molar refractivity (Wildman–Crippen MR) is 108 cm³/mol. The van der Waals surface area contributed by atoms with Crippen LogP contribution >= 0.6 is 0 Å². The van der Waals surface area contributed by atoms with Crippen molar-refractivity contribution in [2.45, 2.75) is 44.6 Å². The van der Waals surface area contributed by atoms with E-state index in [1.54, 1.807) is 29.2 Å². The molecule has 2 aliphatic heterocycles. The van der Waals surface area contributed by atoms with Gasteiger partial charge in [-0.05, 0) is 43.9 Å². The second-order valence-electron chi connectivity index (χ2n) is 8.17. The Labute approximate surface area is 171 Å². The Morgan fingerprint density at radius 1 is 0.931 bits per heavy atom. The minimum Gasteiger partial charge on any atom is -0.368 e. The number of carbonyl (C=O) groups excluding carboxylic acids is 3. The number of amides is 3. The van der Waals surface area contributed by atoms with Crippen LogP contribution in [0.1, 0.15) is 48.9 Å². The summed E-state index contributed by atoms with van der Waals surface area (Å²) in [6, 6.07) is 7.03. The molecule has 0 bridgehead atoms. The number of nitrogens with one attached hydrogen (secondary N) is 1. The molecule has 3 amide bonds. The van der Waals surface area contributed by atoms with Gasteiger partial charge in [-0.1, -0.05) is 18.9 Å². The van der Waals surface area contributed by atoms with Crippen LogP contribution in [0.2, 0.25) is 0 Å². The molecule has 1 aromatic rings. The zero-order valence-corrected chi connectivity index (χ0v) is 16.8. The molecule has 0 radical (unpaired) electrons. The highest BCUT2D eigenvalue weighted by atomic mass is 16.5. The van der Waals surface area contributed by atoms with Crippen LogP contribution in [0.3, 0.4) is 0 Å². The van der Waals surface area contributed by atoms with Gasteiger partial charge in [0, 0.05) is 50.0 Å². The Morgan fingerprint density at radius 2 is 1.66 bits per heavy atom. The first-order valence-corrected chi connectivity index (χ1v) is 10.7. The van der Waals surface area contributed by atoms with E-state index in [1.807, 2.05) is 4.90 Å². The monoisotopic (exact) mass is 399 g/mol. The minimum atomic E-state index is -0.403. The van der Waals surface area contributed by atoms with Gasteiger partial charge in [-0.25, -0.2) is 0 Å². The molecular formula is C22H29N3O4. The van der Waals surface area contributed by atoms with E-state index in [1.165, 1.54) is 0 Å². The molecular weight excluding hydrogens is 370 g/mol.